The van der Waals surface area contributed by atoms with E-state index in [9.17, 15) is 13.6 Å². The van der Waals surface area contributed by atoms with Crippen molar-refractivity contribution >= 4 is 0 Å². The Morgan fingerprint density at radius 3 is 2.78 bits per heavy atom. The highest BCUT2D eigenvalue weighted by Crippen LogP contribution is 2.35. The van der Waals surface area contributed by atoms with Gasteiger partial charge in [-0.3, -0.25) is 9.69 Å². The number of hydrogen-bond acceptors (Lipinski definition) is 2. The molecule has 2 aliphatic rings. The van der Waals surface area contributed by atoms with Gasteiger partial charge in [-0.15, -0.1) is 0 Å². The Labute approximate surface area is 133 Å². The predicted molar refractivity (Wildman–Crippen MR) is 83.2 cm³/mol. The number of halogens is 2. The zero-order valence-electron chi connectivity index (χ0n) is 12.7. The number of benzene rings is 1. The molecular weight excluding hydrogens is 298 g/mol. The lowest BCUT2D eigenvalue weighted by molar-refractivity contribution is 0.113. The fraction of sp³-hybridized carbons (Fsp3) is 0.389. The maximum absolute atomic E-state index is 13.9. The van der Waals surface area contributed by atoms with Crippen LogP contribution in [0.1, 0.15) is 23.6 Å². The molecule has 2 atom stereocenters. The van der Waals surface area contributed by atoms with E-state index in [4.69, 9.17) is 0 Å². The van der Waals surface area contributed by atoms with E-state index in [1.807, 2.05) is 16.7 Å². The average molecular weight is 316 g/mol. The first-order valence-electron chi connectivity index (χ1n) is 7.96. The fourth-order valence-electron chi connectivity index (χ4n) is 4.02. The zero-order valence-corrected chi connectivity index (χ0v) is 12.7. The molecule has 23 heavy (non-hydrogen) atoms. The zero-order chi connectivity index (χ0) is 16.0. The number of rotatable bonds is 2. The standard InChI is InChI=1S/C18H18F2N2O/c19-15-5-4-13(16(20)7-15)10-21-8-12-6-14(11-21)17-2-1-3-18(23)22(17)9-12/h1-5,7,12,14H,6,8-11H2/t12-,14+/m0/s1. The van der Waals surface area contributed by atoms with Crippen LogP contribution in [-0.2, 0) is 13.1 Å². The summed E-state index contributed by atoms with van der Waals surface area (Å²) in [5.41, 5.74) is 1.67. The number of fused-ring (bicyclic) bond motifs is 4. The molecule has 2 aromatic rings. The first-order chi connectivity index (χ1) is 11.1. The second-order valence-electron chi connectivity index (χ2n) is 6.63. The first kappa shape index (κ1) is 14.6. The normalized spacial score (nSPS) is 23.6. The van der Waals surface area contributed by atoms with Crippen molar-refractivity contribution in [2.75, 3.05) is 13.1 Å². The smallest absolute Gasteiger partial charge is 0.250 e. The number of hydrogen-bond donors (Lipinski definition) is 0. The molecule has 1 saturated heterocycles. The predicted octanol–water partition coefficient (Wildman–Crippen LogP) is 2.75. The van der Waals surface area contributed by atoms with Crippen LogP contribution in [0.5, 0.6) is 0 Å². The van der Waals surface area contributed by atoms with E-state index in [0.29, 0.717) is 23.9 Å². The minimum absolute atomic E-state index is 0.0650. The largest absolute Gasteiger partial charge is 0.312 e. The molecule has 1 aromatic carbocycles. The third-order valence-corrected chi connectivity index (χ3v) is 4.96. The van der Waals surface area contributed by atoms with Gasteiger partial charge in [0.05, 0.1) is 0 Å². The van der Waals surface area contributed by atoms with Crippen LogP contribution < -0.4 is 5.56 Å². The number of pyridine rings is 1. The topological polar surface area (TPSA) is 25.2 Å². The van der Waals surface area contributed by atoms with Gasteiger partial charge in [0.2, 0.25) is 0 Å². The SMILES string of the molecule is O=c1cccc2n1C[C@H]1C[C@@H]2CN(Cc2ccc(F)cc2F)C1. The minimum Gasteiger partial charge on any atom is -0.312 e. The van der Waals surface area contributed by atoms with Gasteiger partial charge in [0.15, 0.2) is 0 Å². The van der Waals surface area contributed by atoms with Crippen molar-refractivity contribution in [2.45, 2.75) is 25.4 Å². The molecule has 0 amide bonds. The van der Waals surface area contributed by atoms with E-state index in [1.165, 1.54) is 12.1 Å². The van der Waals surface area contributed by atoms with Gasteiger partial charge >= 0.3 is 0 Å². The van der Waals surface area contributed by atoms with Crippen LogP contribution in [0.3, 0.4) is 0 Å². The van der Waals surface area contributed by atoms with Crippen molar-refractivity contribution in [1.82, 2.24) is 9.47 Å². The van der Waals surface area contributed by atoms with E-state index in [0.717, 1.165) is 37.8 Å². The fourth-order valence-corrected chi connectivity index (χ4v) is 4.02. The van der Waals surface area contributed by atoms with Crippen LogP contribution >= 0.6 is 0 Å². The second kappa shape index (κ2) is 5.57. The monoisotopic (exact) mass is 316 g/mol. The van der Waals surface area contributed by atoms with Crippen molar-refractivity contribution in [3.63, 3.8) is 0 Å². The molecule has 2 aliphatic heterocycles. The third-order valence-electron chi connectivity index (χ3n) is 4.96. The Morgan fingerprint density at radius 2 is 1.96 bits per heavy atom. The summed E-state index contributed by atoms with van der Waals surface area (Å²) in [6.45, 7) is 2.86. The van der Waals surface area contributed by atoms with Gasteiger partial charge in [0.25, 0.3) is 5.56 Å². The van der Waals surface area contributed by atoms with Gasteiger partial charge in [-0.2, -0.15) is 0 Å². The molecule has 0 spiro atoms. The highest BCUT2D eigenvalue weighted by atomic mass is 19.1. The van der Waals surface area contributed by atoms with Crippen LogP contribution in [0.25, 0.3) is 0 Å². The van der Waals surface area contributed by atoms with Crippen LogP contribution in [0.15, 0.2) is 41.2 Å². The van der Waals surface area contributed by atoms with Gasteiger partial charge in [-0.1, -0.05) is 12.1 Å². The lowest BCUT2D eigenvalue weighted by Crippen LogP contribution is -2.46. The quantitative estimate of drug-likeness (QED) is 0.851. The highest BCUT2D eigenvalue weighted by Gasteiger charge is 2.34. The number of aromatic nitrogens is 1. The molecule has 0 saturated carbocycles. The van der Waals surface area contributed by atoms with E-state index < -0.39 is 11.6 Å². The Hall–Kier alpha value is -2.01. The number of nitrogens with zero attached hydrogens (tertiary/aromatic N) is 2. The molecule has 0 radical (unpaired) electrons. The maximum atomic E-state index is 13.9. The van der Waals surface area contributed by atoms with Gasteiger partial charge in [0, 0.05) is 55.5 Å². The summed E-state index contributed by atoms with van der Waals surface area (Å²) >= 11 is 0. The molecule has 1 aromatic heterocycles. The summed E-state index contributed by atoms with van der Waals surface area (Å²) in [4.78, 5) is 14.2. The molecule has 120 valence electrons. The van der Waals surface area contributed by atoms with Crippen molar-refractivity contribution < 1.29 is 8.78 Å². The lowest BCUT2D eigenvalue weighted by Gasteiger charge is -2.42. The van der Waals surface area contributed by atoms with Crippen LogP contribution in [0, 0.1) is 17.6 Å². The molecule has 3 nitrogen and oxygen atoms in total. The van der Waals surface area contributed by atoms with Crippen molar-refractivity contribution in [3.8, 4) is 0 Å². The van der Waals surface area contributed by atoms with Crippen LogP contribution in [0.2, 0.25) is 0 Å². The number of likely N-dealkylation sites (tertiary alicyclic amines) is 1. The summed E-state index contributed by atoms with van der Waals surface area (Å²) in [7, 11) is 0. The molecule has 1 fully saturated rings. The van der Waals surface area contributed by atoms with Gasteiger partial charge in [-0.25, -0.2) is 8.78 Å². The molecule has 0 unspecified atom stereocenters. The summed E-state index contributed by atoms with van der Waals surface area (Å²) in [6.07, 6.45) is 1.08. The van der Waals surface area contributed by atoms with Crippen molar-refractivity contribution in [1.29, 1.82) is 0 Å². The Bertz CT molecular complexity index is 802. The molecule has 3 heterocycles. The minimum atomic E-state index is -0.546. The van der Waals surface area contributed by atoms with E-state index >= 15 is 0 Å². The van der Waals surface area contributed by atoms with E-state index in [-0.39, 0.29) is 5.56 Å². The third kappa shape index (κ3) is 2.70. The second-order valence-corrected chi connectivity index (χ2v) is 6.63. The molecule has 4 rings (SSSR count). The van der Waals surface area contributed by atoms with Gasteiger partial charge in [0.1, 0.15) is 11.6 Å². The van der Waals surface area contributed by atoms with Crippen molar-refractivity contribution in [3.05, 3.63) is 69.6 Å². The summed E-state index contributed by atoms with van der Waals surface area (Å²) in [5.74, 6) is -0.322. The Balaban J connectivity index is 1.57. The first-order valence-corrected chi connectivity index (χ1v) is 7.96. The maximum Gasteiger partial charge on any atom is 0.250 e. The molecule has 5 heteroatoms. The lowest BCUT2D eigenvalue weighted by atomic mass is 9.83. The van der Waals surface area contributed by atoms with Crippen LogP contribution in [0.4, 0.5) is 8.78 Å². The molecule has 0 aliphatic carbocycles. The molecular formula is C18H18F2N2O. The summed E-state index contributed by atoms with van der Waals surface area (Å²) < 4.78 is 28.8. The Morgan fingerprint density at radius 1 is 1.09 bits per heavy atom. The molecule has 2 bridgehead atoms. The highest BCUT2D eigenvalue weighted by molar-refractivity contribution is 5.20. The van der Waals surface area contributed by atoms with Crippen molar-refractivity contribution in [2.24, 2.45) is 5.92 Å². The van der Waals surface area contributed by atoms with Crippen LogP contribution in [-0.4, -0.2) is 22.6 Å². The summed E-state index contributed by atoms with van der Waals surface area (Å²) in [5, 5.41) is 0. The average Bonchev–Trinajstić information content (AvgIpc) is 2.51. The Kier molecular flexibility index (Phi) is 3.53. The van der Waals surface area contributed by atoms with Gasteiger partial charge in [-0.05, 0) is 24.5 Å². The van der Waals surface area contributed by atoms with E-state index in [2.05, 4.69) is 4.90 Å². The number of piperidine rings is 1. The summed E-state index contributed by atoms with van der Waals surface area (Å²) in [6, 6.07) is 9.20. The van der Waals surface area contributed by atoms with E-state index in [1.54, 1.807) is 6.07 Å². The molecule has 0 N–H and O–H groups in total. The van der Waals surface area contributed by atoms with Gasteiger partial charge < -0.3 is 4.57 Å².